The highest BCUT2D eigenvalue weighted by molar-refractivity contribution is 5.01. The van der Waals surface area contributed by atoms with E-state index in [2.05, 4.69) is 31.6 Å². The molecule has 0 amide bonds. The van der Waals surface area contributed by atoms with Crippen LogP contribution in [0, 0.1) is 0 Å². The standard InChI is InChI=1S/C39H74N2O6/c1-6-11-12-13-14-15-16-17-18-19-20-21-22-23-24-25-26-40(30-36(42)33-45-27-7-2)39(10-5)41(31-37(43)34-46-28-8-3)32-38(44)35-47-29-9-4/h7-10,36-38,42-44H,2-4,6,11-35H2,1,5H3. The third kappa shape index (κ3) is 27.9. The Balaban J connectivity index is 5.00. The van der Waals surface area contributed by atoms with Gasteiger partial charge in [-0.15, -0.1) is 19.7 Å². The molecule has 8 heteroatoms. The molecule has 0 fully saturated rings. The second-order valence-corrected chi connectivity index (χ2v) is 12.7. The first-order chi connectivity index (χ1) is 22.9. The lowest BCUT2D eigenvalue weighted by molar-refractivity contribution is -0.00916. The van der Waals surface area contributed by atoms with Crippen LogP contribution < -0.4 is 0 Å². The molecule has 0 radical (unpaired) electrons. The zero-order chi connectivity index (χ0) is 34.8. The Bertz CT molecular complexity index is 727. The maximum absolute atomic E-state index is 10.9. The maximum atomic E-state index is 10.9. The number of aliphatic hydroxyl groups excluding tert-OH is 3. The van der Waals surface area contributed by atoms with E-state index in [-0.39, 0.29) is 32.9 Å². The molecule has 0 aromatic carbocycles. The molecule has 0 aromatic heterocycles. The van der Waals surface area contributed by atoms with Crippen LogP contribution in [0.1, 0.15) is 117 Å². The lowest BCUT2D eigenvalue weighted by Gasteiger charge is -2.39. The number of nitrogens with zero attached hydrogens (tertiary/aromatic N) is 2. The highest BCUT2D eigenvalue weighted by Gasteiger charge is 2.24. The Morgan fingerprint density at radius 1 is 0.532 bits per heavy atom. The van der Waals surface area contributed by atoms with E-state index in [1.165, 1.54) is 89.9 Å². The van der Waals surface area contributed by atoms with Gasteiger partial charge in [0.05, 0.1) is 63.8 Å². The van der Waals surface area contributed by atoms with Crippen molar-refractivity contribution in [2.75, 3.05) is 65.8 Å². The van der Waals surface area contributed by atoms with Crippen LogP contribution in [0.2, 0.25) is 0 Å². The highest BCUT2D eigenvalue weighted by atomic mass is 16.5. The van der Waals surface area contributed by atoms with Crippen LogP contribution in [-0.2, 0) is 14.2 Å². The molecule has 0 aromatic rings. The molecule has 47 heavy (non-hydrogen) atoms. The van der Waals surface area contributed by atoms with Crippen molar-refractivity contribution in [2.24, 2.45) is 0 Å². The molecule has 276 valence electrons. The summed E-state index contributed by atoms with van der Waals surface area (Å²) in [6.45, 7) is 18.5. The summed E-state index contributed by atoms with van der Waals surface area (Å²) in [7, 11) is 0. The summed E-state index contributed by atoms with van der Waals surface area (Å²) in [6, 6.07) is 0. The third-order valence-corrected chi connectivity index (χ3v) is 8.12. The van der Waals surface area contributed by atoms with Gasteiger partial charge in [0.1, 0.15) is 0 Å². The zero-order valence-electron chi connectivity index (χ0n) is 30.5. The number of allylic oxidation sites excluding steroid dienone is 1. The van der Waals surface area contributed by atoms with Crippen molar-refractivity contribution in [2.45, 2.75) is 135 Å². The van der Waals surface area contributed by atoms with Gasteiger partial charge < -0.3 is 39.3 Å². The minimum atomic E-state index is -0.774. The van der Waals surface area contributed by atoms with Gasteiger partial charge >= 0.3 is 0 Å². The van der Waals surface area contributed by atoms with Crippen LogP contribution in [0.15, 0.2) is 49.9 Å². The molecule has 8 nitrogen and oxygen atoms in total. The number of unbranched alkanes of at least 4 members (excludes halogenated alkanes) is 15. The summed E-state index contributed by atoms with van der Waals surface area (Å²) < 4.78 is 16.5. The Kier molecular flexibility index (Phi) is 33.0. The molecule has 3 atom stereocenters. The Hall–Kier alpha value is -1.68. The van der Waals surface area contributed by atoms with Gasteiger partial charge in [-0.1, -0.05) is 121 Å². The summed E-state index contributed by atoms with van der Waals surface area (Å²) >= 11 is 0. The summed E-state index contributed by atoms with van der Waals surface area (Å²) in [5, 5.41) is 32.4. The SMILES string of the molecule is C=CCOCC(O)CN(CCCCCCCCCCCCCCCCCC)C(=CC)N(CC(O)COCC=C)CC(O)COCC=C. The van der Waals surface area contributed by atoms with Crippen molar-refractivity contribution in [3.05, 3.63) is 49.9 Å². The number of ether oxygens (including phenoxy) is 3. The van der Waals surface area contributed by atoms with Crippen molar-refractivity contribution in [3.8, 4) is 0 Å². The second-order valence-electron chi connectivity index (χ2n) is 12.7. The highest BCUT2D eigenvalue weighted by Crippen LogP contribution is 2.18. The van der Waals surface area contributed by atoms with Gasteiger partial charge in [-0.05, 0) is 19.4 Å². The van der Waals surface area contributed by atoms with E-state index in [1.807, 2.05) is 17.9 Å². The zero-order valence-corrected chi connectivity index (χ0v) is 30.5. The van der Waals surface area contributed by atoms with Gasteiger partial charge in [-0.25, -0.2) is 0 Å². The third-order valence-electron chi connectivity index (χ3n) is 8.12. The molecular formula is C39H74N2O6. The number of aliphatic hydroxyl groups is 3. The summed E-state index contributed by atoms with van der Waals surface area (Å²) in [4.78, 5) is 4.12. The fraction of sp³-hybridized carbons (Fsp3) is 0.795. The molecule has 3 unspecified atom stereocenters. The number of hydrogen-bond acceptors (Lipinski definition) is 8. The number of hydrogen-bond donors (Lipinski definition) is 3. The molecule has 0 aliphatic rings. The van der Waals surface area contributed by atoms with Crippen LogP contribution in [-0.4, -0.2) is 109 Å². The van der Waals surface area contributed by atoms with Crippen molar-refractivity contribution in [3.63, 3.8) is 0 Å². The van der Waals surface area contributed by atoms with E-state index in [9.17, 15) is 15.3 Å². The summed E-state index contributed by atoms with van der Waals surface area (Å²) in [6.07, 6.45) is 25.7. The van der Waals surface area contributed by atoms with Gasteiger partial charge in [-0.2, -0.15) is 0 Å². The predicted molar refractivity (Wildman–Crippen MR) is 198 cm³/mol. The predicted octanol–water partition coefficient (Wildman–Crippen LogP) is 7.40. The monoisotopic (exact) mass is 667 g/mol. The average Bonchev–Trinajstić information content (AvgIpc) is 3.05. The maximum Gasteiger partial charge on any atom is 0.0997 e. The second kappa shape index (κ2) is 34.2. The largest absolute Gasteiger partial charge is 0.389 e. The molecule has 0 spiro atoms. The molecule has 0 saturated heterocycles. The molecule has 0 aliphatic carbocycles. The summed E-state index contributed by atoms with van der Waals surface area (Å²) in [5.41, 5.74) is 0. The Morgan fingerprint density at radius 2 is 0.851 bits per heavy atom. The Labute approximate surface area is 289 Å². The van der Waals surface area contributed by atoms with E-state index >= 15 is 0 Å². The molecule has 0 saturated carbocycles. The van der Waals surface area contributed by atoms with Gasteiger partial charge in [-0.3, -0.25) is 0 Å². The van der Waals surface area contributed by atoms with Crippen LogP contribution in [0.3, 0.4) is 0 Å². The lowest BCUT2D eigenvalue weighted by atomic mass is 10.0. The summed E-state index contributed by atoms with van der Waals surface area (Å²) in [5.74, 6) is 0.847. The van der Waals surface area contributed by atoms with E-state index in [4.69, 9.17) is 14.2 Å². The molecule has 0 rings (SSSR count). The average molecular weight is 667 g/mol. The van der Waals surface area contributed by atoms with Gasteiger partial charge in [0.15, 0.2) is 0 Å². The first kappa shape index (κ1) is 45.3. The van der Waals surface area contributed by atoms with Gasteiger partial charge in [0.25, 0.3) is 0 Å². The molecular weight excluding hydrogens is 592 g/mol. The van der Waals surface area contributed by atoms with E-state index in [0.29, 0.717) is 26.4 Å². The van der Waals surface area contributed by atoms with E-state index in [0.717, 1.165) is 25.2 Å². The number of rotatable bonds is 37. The minimum Gasteiger partial charge on any atom is -0.389 e. The Morgan fingerprint density at radius 3 is 1.17 bits per heavy atom. The van der Waals surface area contributed by atoms with Gasteiger partial charge in [0.2, 0.25) is 0 Å². The normalized spacial score (nSPS) is 13.7. The van der Waals surface area contributed by atoms with Crippen LogP contribution in [0.25, 0.3) is 0 Å². The van der Waals surface area contributed by atoms with E-state index < -0.39 is 18.3 Å². The van der Waals surface area contributed by atoms with Crippen molar-refractivity contribution >= 4 is 0 Å². The van der Waals surface area contributed by atoms with Crippen LogP contribution >= 0.6 is 0 Å². The van der Waals surface area contributed by atoms with Crippen molar-refractivity contribution < 1.29 is 29.5 Å². The quantitative estimate of drug-likeness (QED) is 0.0467. The topological polar surface area (TPSA) is 94.9 Å². The minimum absolute atomic E-state index is 0.152. The fourth-order valence-electron chi connectivity index (χ4n) is 5.76. The smallest absolute Gasteiger partial charge is 0.0997 e. The fourth-order valence-corrected chi connectivity index (χ4v) is 5.76. The lowest BCUT2D eigenvalue weighted by Crippen LogP contribution is -2.47. The first-order valence-corrected chi connectivity index (χ1v) is 18.7. The van der Waals surface area contributed by atoms with E-state index in [1.54, 1.807) is 18.2 Å². The van der Waals surface area contributed by atoms with Crippen LogP contribution in [0.5, 0.6) is 0 Å². The van der Waals surface area contributed by atoms with Crippen molar-refractivity contribution in [1.29, 1.82) is 0 Å². The molecule has 0 aliphatic heterocycles. The first-order valence-electron chi connectivity index (χ1n) is 18.7. The molecule has 0 bridgehead atoms. The van der Waals surface area contributed by atoms with Gasteiger partial charge in [0, 0.05) is 26.2 Å². The van der Waals surface area contributed by atoms with Crippen LogP contribution in [0.4, 0.5) is 0 Å². The van der Waals surface area contributed by atoms with Crippen molar-refractivity contribution in [1.82, 2.24) is 9.80 Å². The molecule has 3 N–H and O–H groups in total. The molecule has 0 heterocycles.